The summed E-state index contributed by atoms with van der Waals surface area (Å²) in [6, 6.07) is 4.06. The minimum absolute atomic E-state index is 0.233. The van der Waals surface area contributed by atoms with Gasteiger partial charge in [-0.3, -0.25) is 14.5 Å². The van der Waals surface area contributed by atoms with E-state index in [1.54, 1.807) is 0 Å². The molecule has 1 aromatic carbocycles. The summed E-state index contributed by atoms with van der Waals surface area (Å²) in [4.78, 5) is 25.7. The molecule has 1 heterocycles. The minimum atomic E-state index is -4.45. The second kappa shape index (κ2) is 6.05. The van der Waals surface area contributed by atoms with Crippen molar-refractivity contribution in [2.24, 2.45) is 11.8 Å². The van der Waals surface area contributed by atoms with Gasteiger partial charge in [0.1, 0.15) is 0 Å². The lowest BCUT2D eigenvalue weighted by molar-refractivity contribution is -0.141. The number of likely N-dealkylation sites (tertiary alicyclic amines) is 1. The number of β-amino-alcohol motifs (C(OH)–C–C–N with tert-alkyl or cyclic N) is 1. The van der Waals surface area contributed by atoms with Crippen molar-refractivity contribution in [3.63, 3.8) is 0 Å². The van der Waals surface area contributed by atoms with Crippen LogP contribution in [0.1, 0.15) is 30.1 Å². The molecule has 2 amide bonds. The second-order valence-corrected chi connectivity index (χ2v) is 6.08. The largest absolute Gasteiger partial charge is 0.416 e. The van der Waals surface area contributed by atoms with Crippen LogP contribution < -0.4 is 0 Å². The molecule has 1 fully saturated rings. The number of aliphatic hydroxyl groups excluding tert-OH is 1. The molecular formula is C17H16F3NO3. The number of aliphatic hydroxyl groups is 1. The number of hydrogen-bond donors (Lipinski definition) is 1. The minimum Gasteiger partial charge on any atom is -0.387 e. The predicted octanol–water partition coefficient (Wildman–Crippen LogP) is 2.69. The zero-order valence-corrected chi connectivity index (χ0v) is 12.7. The van der Waals surface area contributed by atoms with Gasteiger partial charge in [-0.1, -0.05) is 24.3 Å². The van der Waals surface area contributed by atoms with Crippen molar-refractivity contribution in [1.82, 2.24) is 4.90 Å². The van der Waals surface area contributed by atoms with E-state index < -0.39 is 17.8 Å². The number of allylic oxidation sites excluding steroid dienone is 2. The van der Waals surface area contributed by atoms with Crippen LogP contribution in [0.3, 0.4) is 0 Å². The lowest BCUT2D eigenvalue weighted by Gasteiger charge is -2.19. The van der Waals surface area contributed by atoms with Crippen LogP contribution in [0.15, 0.2) is 36.4 Å². The van der Waals surface area contributed by atoms with Gasteiger partial charge in [0.05, 0.1) is 30.0 Å². The average molecular weight is 339 g/mol. The van der Waals surface area contributed by atoms with Gasteiger partial charge in [0, 0.05) is 0 Å². The molecule has 0 saturated carbocycles. The molecule has 1 N–H and O–H groups in total. The summed E-state index contributed by atoms with van der Waals surface area (Å²) >= 11 is 0. The van der Waals surface area contributed by atoms with Gasteiger partial charge in [-0.2, -0.15) is 13.2 Å². The van der Waals surface area contributed by atoms with E-state index in [1.807, 2.05) is 12.2 Å². The topological polar surface area (TPSA) is 57.6 Å². The molecule has 0 spiro atoms. The summed E-state index contributed by atoms with van der Waals surface area (Å²) < 4.78 is 37.7. The molecule has 0 radical (unpaired) electrons. The van der Waals surface area contributed by atoms with E-state index in [0.717, 1.165) is 29.2 Å². The van der Waals surface area contributed by atoms with Crippen molar-refractivity contribution in [2.75, 3.05) is 6.54 Å². The predicted molar refractivity (Wildman–Crippen MR) is 78.5 cm³/mol. The summed E-state index contributed by atoms with van der Waals surface area (Å²) in [6.45, 7) is -0.240. The van der Waals surface area contributed by atoms with E-state index in [0.29, 0.717) is 12.8 Å². The smallest absolute Gasteiger partial charge is 0.387 e. The number of imide groups is 1. The van der Waals surface area contributed by atoms with Crippen molar-refractivity contribution in [3.05, 3.63) is 47.5 Å². The monoisotopic (exact) mass is 339 g/mol. The van der Waals surface area contributed by atoms with Gasteiger partial charge in [0.25, 0.3) is 0 Å². The Morgan fingerprint density at radius 1 is 1.04 bits per heavy atom. The Morgan fingerprint density at radius 3 is 2.00 bits per heavy atom. The van der Waals surface area contributed by atoms with Crippen molar-refractivity contribution >= 4 is 11.8 Å². The highest BCUT2D eigenvalue weighted by atomic mass is 19.4. The first kappa shape index (κ1) is 16.7. The van der Waals surface area contributed by atoms with Crippen LogP contribution >= 0.6 is 0 Å². The summed E-state index contributed by atoms with van der Waals surface area (Å²) in [7, 11) is 0. The number of fused-ring (bicyclic) bond motifs is 1. The number of benzene rings is 1. The highest BCUT2D eigenvalue weighted by Crippen LogP contribution is 2.36. The van der Waals surface area contributed by atoms with Crippen LogP contribution in [-0.2, 0) is 15.8 Å². The quantitative estimate of drug-likeness (QED) is 0.680. The third-order valence-corrected chi connectivity index (χ3v) is 4.58. The summed E-state index contributed by atoms with van der Waals surface area (Å²) in [5, 5.41) is 10.2. The molecule has 1 saturated heterocycles. The fourth-order valence-electron chi connectivity index (χ4n) is 3.22. The molecule has 3 atom stereocenters. The highest BCUT2D eigenvalue weighted by molar-refractivity contribution is 6.05. The van der Waals surface area contributed by atoms with Crippen molar-refractivity contribution in [1.29, 1.82) is 0 Å². The Balaban J connectivity index is 1.72. The Bertz CT molecular complexity index is 655. The van der Waals surface area contributed by atoms with Gasteiger partial charge in [-0.15, -0.1) is 0 Å². The molecule has 1 aliphatic heterocycles. The van der Waals surface area contributed by atoms with Crippen LogP contribution in [0.25, 0.3) is 0 Å². The molecule has 1 aromatic rings. The molecule has 4 nitrogen and oxygen atoms in total. The maximum atomic E-state index is 12.6. The van der Waals surface area contributed by atoms with Crippen LogP contribution in [0.5, 0.6) is 0 Å². The highest BCUT2D eigenvalue weighted by Gasteiger charge is 2.47. The first-order valence-electron chi connectivity index (χ1n) is 7.64. The Labute approximate surface area is 136 Å². The molecule has 128 valence electrons. The number of rotatable bonds is 3. The number of nitrogens with zero attached hydrogens (tertiary/aromatic N) is 1. The molecule has 1 aliphatic carbocycles. The molecule has 0 aromatic heterocycles. The fraction of sp³-hybridized carbons (Fsp3) is 0.412. The van der Waals surface area contributed by atoms with Gasteiger partial charge in [0.15, 0.2) is 0 Å². The van der Waals surface area contributed by atoms with E-state index in [9.17, 15) is 27.9 Å². The SMILES string of the molecule is O=C1C2CC=CCC2C(=O)N1CC(O)c1ccc(C(F)(F)F)cc1. The maximum absolute atomic E-state index is 12.6. The van der Waals surface area contributed by atoms with Crippen molar-refractivity contribution in [2.45, 2.75) is 25.1 Å². The molecule has 24 heavy (non-hydrogen) atoms. The number of halogens is 3. The number of hydrogen-bond acceptors (Lipinski definition) is 3. The molecule has 3 unspecified atom stereocenters. The summed E-state index contributed by atoms with van der Waals surface area (Å²) in [5.41, 5.74) is -0.583. The van der Waals surface area contributed by atoms with Crippen molar-refractivity contribution in [3.8, 4) is 0 Å². The normalized spacial score (nSPS) is 25.1. The van der Waals surface area contributed by atoms with Gasteiger partial charge in [-0.25, -0.2) is 0 Å². The molecular weight excluding hydrogens is 323 g/mol. The summed E-state index contributed by atoms with van der Waals surface area (Å²) in [5.74, 6) is -1.41. The maximum Gasteiger partial charge on any atom is 0.416 e. The van der Waals surface area contributed by atoms with Crippen LogP contribution in [0.4, 0.5) is 13.2 Å². The number of amides is 2. The van der Waals surface area contributed by atoms with Crippen molar-refractivity contribution < 1.29 is 27.9 Å². The number of carbonyl (C=O) groups excluding carboxylic acids is 2. The Hall–Kier alpha value is -2.15. The van der Waals surface area contributed by atoms with E-state index in [2.05, 4.69) is 0 Å². The van der Waals surface area contributed by atoms with Gasteiger partial charge in [-0.05, 0) is 30.5 Å². The van der Waals surface area contributed by atoms with E-state index in [-0.39, 0.29) is 35.8 Å². The molecule has 3 rings (SSSR count). The fourth-order valence-corrected chi connectivity index (χ4v) is 3.22. The zero-order valence-electron chi connectivity index (χ0n) is 12.7. The molecule has 2 aliphatic rings. The second-order valence-electron chi connectivity index (χ2n) is 6.08. The van der Waals surface area contributed by atoms with Crippen LogP contribution in [0.2, 0.25) is 0 Å². The van der Waals surface area contributed by atoms with E-state index in [1.165, 1.54) is 0 Å². The van der Waals surface area contributed by atoms with Crippen LogP contribution in [-0.4, -0.2) is 28.4 Å². The van der Waals surface area contributed by atoms with Crippen LogP contribution in [0, 0.1) is 11.8 Å². The first-order valence-corrected chi connectivity index (χ1v) is 7.64. The third-order valence-electron chi connectivity index (χ3n) is 4.58. The average Bonchev–Trinajstić information content (AvgIpc) is 2.79. The standard InChI is InChI=1S/C17H16F3NO3/c18-17(19,20)11-7-5-10(6-8-11)14(22)9-21-15(23)12-3-1-2-4-13(12)16(21)24/h1-2,5-8,12-14,22H,3-4,9H2. The zero-order chi connectivity index (χ0) is 17.5. The van der Waals surface area contributed by atoms with E-state index >= 15 is 0 Å². The van der Waals surface area contributed by atoms with Gasteiger partial charge >= 0.3 is 6.18 Å². The lowest BCUT2D eigenvalue weighted by atomic mass is 9.85. The molecule has 7 heteroatoms. The summed E-state index contributed by atoms with van der Waals surface area (Å²) in [6.07, 6.45) is -0.935. The lowest BCUT2D eigenvalue weighted by Crippen LogP contribution is -2.35. The Morgan fingerprint density at radius 2 is 1.54 bits per heavy atom. The Kier molecular flexibility index (Phi) is 4.21. The number of carbonyl (C=O) groups is 2. The molecule has 0 bridgehead atoms. The number of alkyl halides is 3. The van der Waals surface area contributed by atoms with Gasteiger partial charge < -0.3 is 5.11 Å². The first-order chi connectivity index (χ1) is 11.3. The third kappa shape index (κ3) is 2.96. The van der Waals surface area contributed by atoms with Gasteiger partial charge in [0.2, 0.25) is 11.8 Å². The van der Waals surface area contributed by atoms with E-state index in [4.69, 9.17) is 0 Å².